The summed E-state index contributed by atoms with van der Waals surface area (Å²) in [6, 6.07) is 9.10. The first-order valence-corrected chi connectivity index (χ1v) is 8.27. The Morgan fingerprint density at radius 1 is 1.19 bits per heavy atom. The lowest BCUT2D eigenvalue weighted by atomic mass is 9.86. The molecule has 1 aromatic carbocycles. The van der Waals surface area contributed by atoms with E-state index in [4.69, 9.17) is 12.2 Å². The van der Waals surface area contributed by atoms with Crippen LogP contribution in [0.15, 0.2) is 24.3 Å². The zero-order valence-corrected chi connectivity index (χ0v) is 14.2. The molecule has 0 amide bonds. The summed E-state index contributed by atoms with van der Waals surface area (Å²) in [7, 11) is 4.11. The third kappa shape index (κ3) is 4.88. The molecule has 2 atom stereocenters. The fourth-order valence-corrected chi connectivity index (χ4v) is 3.07. The predicted molar refractivity (Wildman–Crippen MR) is 94.8 cm³/mol. The van der Waals surface area contributed by atoms with Crippen molar-refractivity contribution < 1.29 is 0 Å². The number of nitrogens with zero attached hydrogens (tertiary/aromatic N) is 1. The number of benzene rings is 1. The molecule has 2 rings (SSSR count). The molecule has 0 unspecified atom stereocenters. The van der Waals surface area contributed by atoms with Gasteiger partial charge in [-0.05, 0) is 48.7 Å². The summed E-state index contributed by atoms with van der Waals surface area (Å²) in [4.78, 5) is 2.11. The van der Waals surface area contributed by atoms with E-state index in [1.165, 1.54) is 36.9 Å². The molecular weight excluding hydrogens is 278 g/mol. The van der Waals surface area contributed by atoms with Crippen LogP contribution in [-0.4, -0.2) is 25.2 Å². The largest absolute Gasteiger partial charge is 0.378 e. The molecule has 1 aliphatic carbocycles. The van der Waals surface area contributed by atoms with Crippen molar-refractivity contribution in [3.8, 4) is 0 Å². The Morgan fingerprint density at radius 2 is 1.86 bits per heavy atom. The molecule has 0 aromatic heterocycles. The van der Waals surface area contributed by atoms with Gasteiger partial charge in [0.05, 0.1) is 0 Å². The number of hydrogen-bond acceptors (Lipinski definition) is 2. The number of rotatable bonds is 4. The van der Waals surface area contributed by atoms with E-state index in [9.17, 15) is 0 Å². The van der Waals surface area contributed by atoms with E-state index in [2.05, 4.69) is 60.8 Å². The van der Waals surface area contributed by atoms with Crippen molar-refractivity contribution in [1.82, 2.24) is 10.6 Å². The maximum atomic E-state index is 5.42. The first kappa shape index (κ1) is 16.1. The Morgan fingerprint density at radius 3 is 2.48 bits per heavy atom. The fourth-order valence-electron chi connectivity index (χ4n) is 2.84. The third-order valence-electron chi connectivity index (χ3n) is 4.33. The van der Waals surface area contributed by atoms with Crippen molar-refractivity contribution >= 4 is 23.0 Å². The van der Waals surface area contributed by atoms with Crippen LogP contribution in [0.2, 0.25) is 0 Å². The van der Waals surface area contributed by atoms with Crippen LogP contribution in [0.3, 0.4) is 0 Å². The molecule has 116 valence electrons. The van der Waals surface area contributed by atoms with E-state index >= 15 is 0 Å². The van der Waals surface area contributed by atoms with Crippen molar-refractivity contribution in [2.24, 2.45) is 5.92 Å². The topological polar surface area (TPSA) is 27.3 Å². The van der Waals surface area contributed by atoms with Crippen LogP contribution < -0.4 is 15.5 Å². The zero-order chi connectivity index (χ0) is 15.2. The second-order valence-electron chi connectivity index (χ2n) is 6.26. The third-order valence-corrected chi connectivity index (χ3v) is 4.60. The molecule has 0 aliphatic heterocycles. The minimum atomic E-state index is 0.537. The van der Waals surface area contributed by atoms with Gasteiger partial charge in [0.1, 0.15) is 0 Å². The number of nitrogens with one attached hydrogen (secondary N) is 2. The summed E-state index contributed by atoms with van der Waals surface area (Å²) >= 11 is 5.42. The van der Waals surface area contributed by atoms with Gasteiger partial charge in [0.2, 0.25) is 0 Å². The Balaban J connectivity index is 1.78. The molecule has 2 N–H and O–H groups in total. The van der Waals surface area contributed by atoms with Gasteiger partial charge < -0.3 is 15.5 Å². The molecule has 1 aliphatic rings. The van der Waals surface area contributed by atoms with Crippen LogP contribution in [0.5, 0.6) is 0 Å². The van der Waals surface area contributed by atoms with Crippen LogP contribution in [0, 0.1) is 5.92 Å². The van der Waals surface area contributed by atoms with E-state index in [0.717, 1.165) is 17.6 Å². The van der Waals surface area contributed by atoms with Gasteiger partial charge in [-0.1, -0.05) is 31.9 Å². The van der Waals surface area contributed by atoms with Gasteiger partial charge in [0.15, 0.2) is 5.11 Å². The highest BCUT2D eigenvalue weighted by molar-refractivity contribution is 7.80. The van der Waals surface area contributed by atoms with Gasteiger partial charge in [-0.2, -0.15) is 0 Å². The van der Waals surface area contributed by atoms with Crippen LogP contribution in [0.1, 0.15) is 38.2 Å². The molecule has 3 nitrogen and oxygen atoms in total. The van der Waals surface area contributed by atoms with Gasteiger partial charge in [-0.25, -0.2) is 0 Å². The molecule has 1 aromatic rings. The molecule has 1 saturated carbocycles. The lowest BCUT2D eigenvalue weighted by molar-refractivity contribution is 0.308. The smallest absolute Gasteiger partial charge is 0.166 e. The lowest BCUT2D eigenvalue weighted by Gasteiger charge is -2.30. The highest BCUT2D eigenvalue weighted by Crippen LogP contribution is 2.23. The van der Waals surface area contributed by atoms with E-state index in [-0.39, 0.29) is 0 Å². The Bertz CT molecular complexity index is 456. The molecule has 1 fully saturated rings. The summed E-state index contributed by atoms with van der Waals surface area (Å²) in [6.45, 7) is 3.10. The number of thiocarbonyl (C=S) groups is 1. The summed E-state index contributed by atoms with van der Waals surface area (Å²) in [5.74, 6) is 0.720. The van der Waals surface area contributed by atoms with Crippen molar-refractivity contribution in [3.05, 3.63) is 29.8 Å². The second-order valence-corrected chi connectivity index (χ2v) is 6.66. The van der Waals surface area contributed by atoms with E-state index in [0.29, 0.717) is 6.04 Å². The van der Waals surface area contributed by atoms with Crippen LogP contribution in [0.25, 0.3) is 0 Å². The molecule has 21 heavy (non-hydrogen) atoms. The van der Waals surface area contributed by atoms with Gasteiger partial charge in [0.25, 0.3) is 0 Å². The Labute approximate surface area is 134 Å². The lowest BCUT2D eigenvalue weighted by Crippen LogP contribution is -2.45. The fraction of sp³-hybridized carbons (Fsp3) is 0.588. The van der Waals surface area contributed by atoms with Gasteiger partial charge >= 0.3 is 0 Å². The highest BCUT2D eigenvalue weighted by atomic mass is 32.1. The second kappa shape index (κ2) is 7.64. The van der Waals surface area contributed by atoms with Crippen molar-refractivity contribution in [3.63, 3.8) is 0 Å². The molecule has 0 spiro atoms. The van der Waals surface area contributed by atoms with Gasteiger partial charge in [-0.15, -0.1) is 0 Å². The monoisotopic (exact) mass is 305 g/mol. The standard InChI is InChI=1S/C17H27N3S/c1-13-6-4-5-7-16(13)19-17(21)18-12-14-8-10-15(11-9-14)20(2)3/h8-11,13,16H,4-7,12H2,1-3H3,(H2,18,19,21)/t13-,16+/m1/s1. The van der Waals surface area contributed by atoms with E-state index in [1.807, 2.05) is 0 Å². The first-order valence-electron chi connectivity index (χ1n) is 7.87. The van der Waals surface area contributed by atoms with E-state index in [1.54, 1.807) is 0 Å². The SMILES string of the molecule is C[C@@H]1CCCC[C@@H]1NC(=S)NCc1ccc(N(C)C)cc1. The minimum Gasteiger partial charge on any atom is -0.378 e. The molecular formula is C17H27N3S. The predicted octanol–water partition coefficient (Wildman–Crippen LogP) is 3.30. The molecule has 0 radical (unpaired) electrons. The molecule has 4 heteroatoms. The summed E-state index contributed by atoms with van der Waals surface area (Å²) in [5, 5.41) is 7.59. The normalized spacial score (nSPS) is 21.7. The quantitative estimate of drug-likeness (QED) is 0.835. The molecule has 0 bridgehead atoms. The maximum absolute atomic E-state index is 5.42. The average Bonchev–Trinajstić information content (AvgIpc) is 2.48. The van der Waals surface area contributed by atoms with Crippen LogP contribution >= 0.6 is 12.2 Å². The van der Waals surface area contributed by atoms with Crippen LogP contribution in [-0.2, 0) is 6.54 Å². The molecule has 0 saturated heterocycles. The summed E-state index contributed by atoms with van der Waals surface area (Å²) in [6.07, 6.45) is 5.22. The average molecular weight is 305 g/mol. The first-order chi connectivity index (χ1) is 10.1. The number of hydrogen-bond donors (Lipinski definition) is 2. The van der Waals surface area contributed by atoms with Gasteiger partial charge in [-0.3, -0.25) is 0 Å². The zero-order valence-electron chi connectivity index (χ0n) is 13.4. The maximum Gasteiger partial charge on any atom is 0.166 e. The van der Waals surface area contributed by atoms with Crippen molar-refractivity contribution in [2.45, 2.75) is 45.2 Å². The minimum absolute atomic E-state index is 0.537. The van der Waals surface area contributed by atoms with E-state index < -0.39 is 0 Å². The highest BCUT2D eigenvalue weighted by Gasteiger charge is 2.21. The Hall–Kier alpha value is -1.29. The molecule has 0 heterocycles. The van der Waals surface area contributed by atoms with Crippen molar-refractivity contribution in [2.75, 3.05) is 19.0 Å². The summed E-state index contributed by atoms with van der Waals surface area (Å²) < 4.78 is 0. The summed E-state index contributed by atoms with van der Waals surface area (Å²) in [5.41, 5.74) is 2.47. The Kier molecular flexibility index (Phi) is 5.85. The number of anilines is 1. The van der Waals surface area contributed by atoms with Crippen molar-refractivity contribution in [1.29, 1.82) is 0 Å². The van der Waals surface area contributed by atoms with Crippen LogP contribution in [0.4, 0.5) is 5.69 Å². The van der Waals surface area contributed by atoms with Gasteiger partial charge in [0, 0.05) is 32.4 Å².